The van der Waals surface area contributed by atoms with Gasteiger partial charge in [-0.2, -0.15) is 13.2 Å². The largest absolute Gasteiger partial charge is 0.413 e. The first-order valence-corrected chi connectivity index (χ1v) is 2.98. The summed E-state index contributed by atoms with van der Waals surface area (Å²) in [5.41, 5.74) is 4.21. The van der Waals surface area contributed by atoms with Crippen LogP contribution in [-0.4, -0.2) is 12.7 Å². The Labute approximate surface area is 57.7 Å². The molecule has 0 unspecified atom stereocenters. The molecule has 2 N–H and O–H groups in total. The Bertz CT molecular complexity index is 125. The molecule has 0 atom stereocenters. The summed E-state index contributed by atoms with van der Waals surface area (Å²) in [7, 11) is 0. The van der Waals surface area contributed by atoms with E-state index in [4.69, 9.17) is 5.73 Å². The first kappa shape index (κ1) is 9.49. The summed E-state index contributed by atoms with van der Waals surface area (Å²) in [6, 6.07) is 0. The number of alkyl halides is 3. The van der Waals surface area contributed by atoms with E-state index < -0.39 is 18.3 Å². The third-order valence-corrected chi connectivity index (χ3v) is 1.03. The third kappa shape index (κ3) is 2.87. The second-order valence-electron chi connectivity index (χ2n) is 1.84. The molecule has 60 valence electrons. The van der Waals surface area contributed by atoms with Crippen molar-refractivity contribution < 1.29 is 13.2 Å². The van der Waals surface area contributed by atoms with Crippen molar-refractivity contribution in [2.45, 2.75) is 19.5 Å². The van der Waals surface area contributed by atoms with Crippen molar-refractivity contribution in [3.05, 3.63) is 11.6 Å². The van der Waals surface area contributed by atoms with Gasteiger partial charge >= 0.3 is 6.18 Å². The molecule has 0 aromatic rings. The van der Waals surface area contributed by atoms with E-state index >= 15 is 0 Å². The summed E-state index contributed by atoms with van der Waals surface area (Å²) in [5.74, 6) is 0. The van der Waals surface area contributed by atoms with E-state index in [0.717, 1.165) is 6.08 Å². The molecule has 4 heteroatoms. The van der Waals surface area contributed by atoms with Crippen LogP contribution in [0.15, 0.2) is 11.6 Å². The second-order valence-corrected chi connectivity index (χ2v) is 1.84. The van der Waals surface area contributed by atoms with Crippen LogP contribution >= 0.6 is 0 Å². The van der Waals surface area contributed by atoms with Crippen molar-refractivity contribution in [2.75, 3.05) is 6.54 Å². The Kier molecular flexibility index (Phi) is 3.42. The predicted molar refractivity (Wildman–Crippen MR) is 33.5 cm³/mol. The molecule has 0 heterocycles. The molecular weight excluding hydrogens is 143 g/mol. The van der Waals surface area contributed by atoms with Gasteiger partial charge in [-0.3, -0.25) is 0 Å². The first-order chi connectivity index (χ1) is 4.52. The molecule has 0 fully saturated rings. The zero-order valence-electron chi connectivity index (χ0n) is 5.70. The quantitative estimate of drug-likeness (QED) is 0.602. The van der Waals surface area contributed by atoms with Gasteiger partial charge in [-0.15, -0.1) is 0 Å². The van der Waals surface area contributed by atoms with E-state index in [1.165, 1.54) is 0 Å². The van der Waals surface area contributed by atoms with E-state index in [9.17, 15) is 13.2 Å². The molecule has 0 aliphatic carbocycles. The van der Waals surface area contributed by atoms with Crippen molar-refractivity contribution in [2.24, 2.45) is 5.73 Å². The molecule has 10 heavy (non-hydrogen) atoms. The van der Waals surface area contributed by atoms with E-state index in [-0.39, 0.29) is 0 Å². The van der Waals surface area contributed by atoms with Crippen LogP contribution in [0.25, 0.3) is 0 Å². The van der Waals surface area contributed by atoms with Gasteiger partial charge in [0, 0.05) is 12.1 Å². The summed E-state index contributed by atoms with van der Waals surface area (Å²) >= 11 is 0. The Balaban J connectivity index is 4.21. The zero-order valence-corrected chi connectivity index (χ0v) is 5.70. The number of allylic oxidation sites excluding steroid dienone is 1. The van der Waals surface area contributed by atoms with E-state index in [1.54, 1.807) is 6.92 Å². The highest BCUT2D eigenvalue weighted by Crippen LogP contribution is 2.24. The van der Waals surface area contributed by atoms with Gasteiger partial charge in [-0.1, -0.05) is 13.0 Å². The summed E-state index contributed by atoms with van der Waals surface area (Å²) in [4.78, 5) is 0. The monoisotopic (exact) mass is 153 g/mol. The topological polar surface area (TPSA) is 26.0 Å². The van der Waals surface area contributed by atoms with Gasteiger partial charge < -0.3 is 5.73 Å². The SMILES string of the molecule is CC/C=C(\CN)C(F)(F)F. The van der Waals surface area contributed by atoms with Crippen LogP contribution in [0.3, 0.4) is 0 Å². The van der Waals surface area contributed by atoms with Crippen LogP contribution < -0.4 is 5.73 Å². The van der Waals surface area contributed by atoms with E-state index in [0.29, 0.717) is 6.42 Å². The van der Waals surface area contributed by atoms with E-state index in [2.05, 4.69) is 0 Å². The highest BCUT2D eigenvalue weighted by Gasteiger charge is 2.31. The highest BCUT2D eigenvalue weighted by atomic mass is 19.4. The lowest BCUT2D eigenvalue weighted by Gasteiger charge is -2.07. The number of hydrogen-bond acceptors (Lipinski definition) is 1. The molecule has 0 saturated carbocycles. The lowest BCUT2D eigenvalue weighted by Crippen LogP contribution is -2.19. The van der Waals surface area contributed by atoms with Crippen LogP contribution in [0.4, 0.5) is 13.2 Å². The van der Waals surface area contributed by atoms with Crippen LogP contribution in [0, 0.1) is 0 Å². The normalized spacial score (nSPS) is 13.9. The molecule has 0 aliphatic rings. The minimum absolute atomic E-state index is 0.367. The summed E-state index contributed by atoms with van der Waals surface area (Å²) in [5, 5.41) is 0. The molecule has 0 radical (unpaired) electrons. The van der Waals surface area contributed by atoms with Crippen LogP contribution in [0.5, 0.6) is 0 Å². The smallest absolute Gasteiger partial charge is 0.326 e. The molecule has 0 rings (SSSR count). The average molecular weight is 153 g/mol. The maximum atomic E-state index is 11.8. The molecule has 0 aromatic carbocycles. The van der Waals surface area contributed by atoms with Crippen LogP contribution in [0.2, 0.25) is 0 Å². The zero-order chi connectivity index (χ0) is 8.20. The maximum Gasteiger partial charge on any atom is 0.413 e. The molecular formula is C6H10F3N. The lowest BCUT2D eigenvalue weighted by atomic mass is 10.2. The van der Waals surface area contributed by atoms with Crippen molar-refractivity contribution in [3.63, 3.8) is 0 Å². The van der Waals surface area contributed by atoms with Gasteiger partial charge in [0.25, 0.3) is 0 Å². The van der Waals surface area contributed by atoms with Crippen molar-refractivity contribution in [1.82, 2.24) is 0 Å². The van der Waals surface area contributed by atoms with Crippen LogP contribution in [-0.2, 0) is 0 Å². The third-order valence-electron chi connectivity index (χ3n) is 1.03. The maximum absolute atomic E-state index is 11.8. The number of rotatable bonds is 2. The Morgan fingerprint density at radius 1 is 1.50 bits per heavy atom. The number of nitrogens with two attached hydrogens (primary N) is 1. The fraction of sp³-hybridized carbons (Fsp3) is 0.667. The molecule has 0 spiro atoms. The summed E-state index contributed by atoms with van der Waals surface area (Å²) < 4.78 is 35.3. The number of hydrogen-bond donors (Lipinski definition) is 1. The average Bonchev–Trinajstić information content (AvgIpc) is 1.80. The molecule has 0 saturated heterocycles. The molecule has 0 amide bonds. The van der Waals surface area contributed by atoms with Gasteiger partial charge in [0.2, 0.25) is 0 Å². The Morgan fingerprint density at radius 2 is 2.00 bits per heavy atom. The predicted octanol–water partition coefficient (Wildman–Crippen LogP) is 1.84. The number of halogens is 3. The highest BCUT2D eigenvalue weighted by molar-refractivity contribution is 5.09. The minimum atomic E-state index is -4.25. The molecule has 0 aromatic heterocycles. The van der Waals surface area contributed by atoms with Gasteiger partial charge in [0.15, 0.2) is 0 Å². The summed E-state index contributed by atoms with van der Waals surface area (Å²) in [6.07, 6.45) is -2.78. The molecule has 1 nitrogen and oxygen atoms in total. The van der Waals surface area contributed by atoms with Crippen molar-refractivity contribution in [3.8, 4) is 0 Å². The van der Waals surface area contributed by atoms with Gasteiger partial charge in [-0.05, 0) is 6.42 Å². The van der Waals surface area contributed by atoms with E-state index in [1.807, 2.05) is 0 Å². The Hall–Kier alpha value is -0.510. The van der Waals surface area contributed by atoms with Crippen molar-refractivity contribution >= 4 is 0 Å². The van der Waals surface area contributed by atoms with Crippen LogP contribution in [0.1, 0.15) is 13.3 Å². The minimum Gasteiger partial charge on any atom is -0.326 e. The molecule has 0 bridgehead atoms. The van der Waals surface area contributed by atoms with Gasteiger partial charge in [0.05, 0.1) is 0 Å². The van der Waals surface area contributed by atoms with Gasteiger partial charge in [-0.25, -0.2) is 0 Å². The lowest BCUT2D eigenvalue weighted by molar-refractivity contribution is -0.0924. The fourth-order valence-electron chi connectivity index (χ4n) is 0.561. The second kappa shape index (κ2) is 3.61. The fourth-order valence-corrected chi connectivity index (χ4v) is 0.561. The first-order valence-electron chi connectivity index (χ1n) is 2.98. The Morgan fingerprint density at radius 3 is 2.10 bits per heavy atom. The van der Waals surface area contributed by atoms with Crippen molar-refractivity contribution in [1.29, 1.82) is 0 Å². The summed E-state index contributed by atoms with van der Waals surface area (Å²) in [6.45, 7) is 1.21. The molecule has 0 aliphatic heterocycles. The van der Waals surface area contributed by atoms with Gasteiger partial charge in [0.1, 0.15) is 0 Å². The standard InChI is InChI=1S/C6H10F3N/c1-2-3-5(4-10)6(7,8)9/h3H,2,4,10H2,1H3/b5-3+.